The summed E-state index contributed by atoms with van der Waals surface area (Å²) in [6.45, 7) is 2.45. The van der Waals surface area contributed by atoms with Crippen molar-refractivity contribution in [3.05, 3.63) is 12.2 Å². The first-order valence-corrected chi connectivity index (χ1v) is 8.99. The molecule has 0 N–H and O–H groups in total. The summed E-state index contributed by atoms with van der Waals surface area (Å²) in [7, 11) is 0. The minimum atomic E-state index is 0.945. The Morgan fingerprint density at radius 1 is 0.684 bits per heavy atom. The maximum atomic E-state index is 2.55. The van der Waals surface area contributed by atoms with Gasteiger partial charge in [0.25, 0.3) is 0 Å². The van der Waals surface area contributed by atoms with E-state index in [9.17, 15) is 0 Å². The highest BCUT2D eigenvalue weighted by Crippen LogP contribution is 2.44. The van der Waals surface area contributed by atoms with Gasteiger partial charge in [-0.05, 0) is 87.4 Å². The Balaban J connectivity index is 1.46. The third-order valence-electron chi connectivity index (χ3n) is 6.44. The molecule has 0 nitrogen and oxygen atoms in total. The lowest BCUT2D eigenvalue weighted by Crippen LogP contribution is -2.27. The summed E-state index contributed by atoms with van der Waals surface area (Å²) in [5.41, 5.74) is 0. The molecule has 1 atom stereocenters. The van der Waals surface area contributed by atoms with Gasteiger partial charge in [-0.25, -0.2) is 0 Å². The molecule has 0 bridgehead atoms. The summed E-state index contributed by atoms with van der Waals surface area (Å²) in [5.74, 6) is 5.19. The van der Waals surface area contributed by atoms with Crippen molar-refractivity contribution < 1.29 is 0 Å². The largest absolute Gasteiger partial charge is 0.0882 e. The summed E-state index contributed by atoms with van der Waals surface area (Å²) < 4.78 is 0. The van der Waals surface area contributed by atoms with E-state index in [2.05, 4.69) is 19.1 Å². The van der Waals surface area contributed by atoms with Crippen LogP contribution < -0.4 is 0 Å². The Morgan fingerprint density at radius 2 is 1.26 bits per heavy atom. The third kappa shape index (κ3) is 3.44. The molecule has 0 saturated heterocycles. The van der Waals surface area contributed by atoms with Crippen LogP contribution in [0.15, 0.2) is 12.2 Å². The van der Waals surface area contributed by atoms with Gasteiger partial charge in [-0.2, -0.15) is 0 Å². The van der Waals surface area contributed by atoms with Crippen LogP contribution >= 0.6 is 0 Å². The summed E-state index contributed by atoms with van der Waals surface area (Å²) >= 11 is 0. The quantitative estimate of drug-likeness (QED) is 0.536. The Bertz CT molecular complexity index is 287. The number of hydrogen-bond donors (Lipinski definition) is 0. The topological polar surface area (TPSA) is 0 Å². The minimum absolute atomic E-state index is 0.945. The van der Waals surface area contributed by atoms with Gasteiger partial charge in [-0.1, -0.05) is 31.9 Å². The Labute approximate surface area is 120 Å². The van der Waals surface area contributed by atoms with E-state index in [0.29, 0.717) is 0 Å². The molecule has 108 valence electrons. The molecule has 3 aliphatic carbocycles. The molecular weight excluding hydrogens is 228 g/mol. The number of rotatable bonds is 2. The Kier molecular flexibility index (Phi) is 4.66. The summed E-state index contributed by atoms with van der Waals surface area (Å²) in [6.07, 6.45) is 21.5. The van der Waals surface area contributed by atoms with E-state index >= 15 is 0 Å². The predicted octanol–water partition coefficient (Wildman–Crippen LogP) is 5.98. The second-order valence-corrected chi connectivity index (χ2v) is 7.72. The van der Waals surface area contributed by atoms with Crippen molar-refractivity contribution in [3.8, 4) is 0 Å². The van der Waals surface area contributed by atoms with Gasteiger partial charge in [-0.3, -0.25) is 0 Å². The van der Waals surface area contributed by atoms with Gasteiger partial charge < -0.3 is 0 Å². The van der Waals surface area contributed by atoms with Crippen molar-refractivity contribution in [3.63, 3.8) is 0 Å². The first-order valence-electron chi connectivity index (χ1n) is 8.99. The lowest BCUT2D eigenvalue weighted by atomic mass is 9.67. The molecule has 0 aromatic heterocycles. The van der Waals surface area contributed by atoms with Gasteiger partial charge in [0, 0.05) is 0 Å². The molecule has 0 amide bonds. The standard InChI is InChI=1S/C19H32/c1-15-7-9-17(10-8-15)19-13-11-18(12-14-19)16-5-3-2-4-6-16/h3,5,15-19H,2,4,6-14H2,1H3. The van der Waals surface area contributed by atoms with Crippen LogP contribution in [0.25, 0.3) is 0 Å². The predicted molar refractivity (Wildman–Crippen MR) is 83.1 cm³/mol. The van der Waals surface area contributed by atoms with Crippen LogP contribution in [0, 0.1) is 29.6 Å². The van der Waals surface area contributed by atoms with E-state index in [0.717, 1.165) is 29.6 Å². The van der Waals surface area contributed by atoms with Crippen LogP contribution in [0.1, 0.15) is 77.6 Å². The lowest BCUT2D eigenvalue weighted by molar-refractivity contribution is 0.134. The van der Waals surface area contributed by atoms with E-state index in [4.69, 9.17) is 0 Å². The number of allylic oxidation sites excluding steroid dienone is 2. The zero-order valence-corrected chi connectivity index (χ0v) is 12.8. The van der Waals surface area contributed by atoms with Gasteiger partial charge in [0.05, 0.1) is 0 Å². The molecule has 0 heteroatoms. The molecule has 0 aromatic rings. The van der Waals surface area contributed by atoms with Gasteiger partial charge in [0.1, 0.15) is 0 Å². The zero-order chi connectivity index (χ0) is 13.1. The maximum Gasteiger partial charge on any atom is -0.0205 e. The SMILES string of the molecule is CC1CCC(C2CCC(C3C=CCCC3)CC2)CC1. The van der Waals surface area contributed by atoms with E-state index < -0.39 is 0 Å². The molecule has 0 aliphatic heterocycles. The highest BCUT2D eigenvalue weighted by atomic mass is 14.4. The highest BCUT2D eigenvalue weighted by molar-refractivity contribution is 4.97. The van der Waals surface area contributed by atoms with Gasteiger partial charge in [-0.15, -0.1) is 0 Å². The average Bonchev–Trinajstić information content (AvgIpc) is 2.49. The van der Waals surface area contributed by atoms with Gasteiger partial charge in [0.15, 0.2) is 0 Å². The average molecular weight is 260 g/mol. The normalized spacial score (nSPS) is 44.2. The summed E-state index contributed by atoms with van der Waals surface area (Å²) in [6, 6.07) is 0. The fraction of sp³-hybridized carbons (Fsp3) is 0.895. The van der Waals surface area contributed by atoms with Crippen LogP contribution in [0.3, 0.4) is 0 Å². The van der Waals surface area contributed by atoms with Crippen LogP contribution in [0.5, 0.6) is 0 Å². The van der Waals surface area contributed by atoms with E-state index in [-0.39, 0.29) is 0 Å². The third-order valence-corrected chi connectivity index (χ3v) is 6.44. The maximum absolute atomic E-state index is 2.55. The second kappa shape index (κ2) is 6.46. The molecule has 2 saturated carbocycles. The van der Waals surface area contributed by atoms with Crippen molar-refractivity contribution in [2.45, 2.75) is 77.6 Å². The molecule has 1 unspecified atom stereocenters. The summed E-state index contributed by atoms with van der Waals surface area (Å²) in [4.78, 5) is 0. The van der Waals surface area contributed by atoms with Gasteiger partial charge in [0.2, 0.25) is 0 Å². The molecule has 0 heterocycles. The number of hydrogen-bond acceptors (Lipinski definition) is 0. The van der Waals surface area contributed by atoms with Crippen LogP contribution in [0.4, 0.5) is 0 Å². The molecule has 0 spiro atoms. The van der Waals surface area contributed by atoms with Crippen molar-refractivity contribution in [2.75, 3.05) is 0 Å². The molecule has 19 heavy (non-hydrogen) atoms. The Morgan fingerprint density at radius 3 is 1.84 bits per heavy atom. The van der Waals surface area contributed by atoms with Crippen LogP contribution in [-0.4, -0.2) is 0 Å². The fourth-order valence-corrected chi connectivity index (χ4v) is 5.03. The van der Waals surface area contributed by atoms with Crippen LogP contribution in [-0.2, 0) is 0 Å². The van der Waals surface area contributed by atoms with Gasteiger partial charge >= 0.3 is 0 Å². The monoisotopic (exact) mass is 260 g/mol. The molecule has 0 aromatic carbocycles. The van der Waals surface area contributed by atoms with Crippen LogP contribution in [0.2, 0.25) is 0 Å². The second-order valence-electron chi connectivity index (χ2n) is 7.72. The molecule has 2 fully saturated rings. The zero-order valence-electron chi connectivity index (χ0n) is 12.8. The molecule has 0 radical (unpaired) electrons. The van der Waals surface area contributed by atoms with Crippen molar-refractivity contribution in [2.24, 2.45) is 29.6 Å². The fourth-order valence-electron chi connectivity index (χ4n) is 5.03. The van der Waals surface area contributed by atoms with E-state index in [1.54, 1.807) is 25.7 Å². The molecular formula is C19H32. The first-order chi connectivity index (χ1) is 9.33. The Hall–Kier alpha value is -0.260. The smallest absolute Gasteiger partial charge is 0.0205 e. The van der Waals surface area contributed by atoms with E-state index in [1.165, 1.54) is 44.9 Å². The lowest BCUT2D eigenvalue weighted by Gasteiger charge is -2.39. The summed E-state index contributed by atoms with van der Waals surface area (Å²) in [5, 5.41) is 0. The minimum Gasteiger partial charge on any atom is -0.0882 e. The van der Waals surface area contributed by atoms with Crippen molar-refractivity contribution in [1.82, 2.24) is 0 Å². The first kappa shape index (κ1) is 13.7. The molecule has 3 rings (SSSR count). The van der Waals surface area contributed by atoms with Crippen molar-refractivity contribution >= 4 is 0 Å². The highest BCUT2D eigenvalue weighted by Gasteiger charge is 2.32. The molecule has 3 aliphatic rings. The van der Waals surface area contributed by atoms with E-state index in [1.807, 2.05) is 0 Å². The van der Waals surface area contributed by atoms with Crippen molar-refractivity contribution in [1.29, 1.82) is 0 Å².